The number of aliphatic hydroxyl groups excluding tert-OH is 6. The van der Waals surface area contributed by atoms with Gasteiger partial charge in [0, 0.05) is 5.92 Å². The Balaban J connectivity index is 1.75. The molecule has 2 aliphatic heterocycles. The molecule has 24 heavy (non-hydrogen) atoms. The molecule has 0 bridgehead atoms. The highest BCUT2D eigenvalue weighted by Gasteiger charge is 2.49. The summed E-state index contributed by atoms with van der Waals surface area (Å²) in [5.41, 5.74) is 0.534. The third-order valence-electron chi connectivity index (χ3n) is 4.73. The van der Waals surface area contributed by atoms with Gasteiger partial charge in [-0.1, -0.05) is 6.08 Å². The van der Waals surface area contributed by atoms with E-state index in [1.807, 2.05) is 0 Å². The molecule has 1 saturated heterocycles. The fourth-order valence-electron chi connectivity index (χ4n) is 3.38. The molecule has 0 spiro atoms. The molecular weight excluding hydrogens is 324 g/mol. The second kappa shape index (κ2) is 7.06. The average Bonchev–Trinajstić information content (AvgIpc) is 2.92. The highest BCUT2D eigenvalue weighted by molar-refractivity contribution is 5.25. The zero-order valence-corrected chi connectivity index (χ0v) is 12.8. The van der Waals surface area contributed by atoms with Crippen LogP contribution in [0.5, 0.6) is 0 Å². The molecule has 136 valence electrons. The lowest BCUT2D eigenvalue weighted by atomic mass is 9.88. The summed E-state index contributed by atoms with van der Waals surface area (Å²) in [7, 11) is 0. The number of ether oxygens (including phenoxy) is 3. The van der Waals surface area contributed by atoms with Crippen LogP contribution in [0.15, 0.2) is 24.0 Å². The molecule has 3 aliphatic rings. The van der Waals surface area contributed by atoms with E-state index in [1.54, 1.807) is 6.08 Å². The van der Waals surface area contributed by atoms with Gasteiger partial charge in [0.25, 0.3) is 0 Å². The molecule has 3 rings (SSSR count). The molecule has 0 amide bonds. The Labute approximate surface area is 138 Å². The van der Waals surface area contributed by atoms with Crippen molar-refractivity contribution in [2.24, 2.45) is 11.8 Å². The lowest BCUT2D eigenvalue weighted by molar-refractivity contribution is -0.339. The largest absolute Gasteiger partial charge is 0.472 e. The van der Waals surface area contributed by atoms with E-state index in [9.17, 15) is 30.6 Å². The van der Waals surface area contributed by atoms with Crippen LogP contribution in [0.4, 0.5) is 0 Å². The van der Waals surface area contributed by atoms with Gasteiger partial charge in [-0.2, -0.15) is 0 Å². The maximum Gasteiger partial charge on any atom is 0.209 e. The fraction of sp³-hybridized carbons (Fsp3) is 0.733. The summed E-state index contributed by atoms with van der Waals surface area (Å²) in [6.07, 6.45) is -4.27. The van der Waals surface area contributed by atoms with Crippen LogP contribution in [-0.2, 0) is 14.2 Å². The summed E-state index contributed by atoms with van der Waals surface area (Å²) >= 11 is 0. The van der Waals surface area contributed by atoms with Crippen molar-refractivity contribution in [1.82, 2.24) is 0 Å². The molecule has 0 aromatic heterocycles. The molecule has 9 nitrogen and oxygen atoms in total. The number of hydrogen-bond donors (Lipinski definition) is 6. The topological polar surface area (TPSA) is 149 Å². The molecule has 1 aliphatic carbocycles. The van der Waals surface area contributed by atoms with E-state index >= 15 is 0 Å². The Bertz CT molecular complexity index is 505. The third-order valence-corrected chi connectivity index (χ3v) is 4.73. The molecule has 0 saturated carbocycles. The van der Waals surface area contributed by atoms with Crippen LogP contribution in [0.2, 0.25) is 0 Å². The van der Waals surface area contributed by atoms with Gasteiger partial charge in [0.15, 0.2) is 6.29 Å². The first kappa shape index (κ1) is 17.8. The van der Waals surface area contributed by atoms with Crippen LogP contribution in [0.1, 0.15) is 0 Å². The Morgan fingerprint density at radius 1 is 1.00 bits per heavy atom. The van der Waals surface area contributed by atoms with E-state index in [0.29, 0.717) is 5.57 Å². The Kier molecular flexibility index (Phi) is 5.23. The van der Waals surface area contributed by atoms with Gasteiger partial charge in [-0.25, -0.2) is 0 Å². The average molecular weight is 346 g/mol. The standard InChI is InChI=1S/C15H22O9/c16-4-6-3-8(18)7-1-2-22-14(10(6)7)24-15-13(21)12(20)11(19)9(5-17)23-15/h1-3,7-21H,4-5H2/t7-,8-,9+,10+,11+,12-,13+,14-,15+/m0/s1. The molecule has 9 atom stereocenters. The number of rotatable bonds is 4. The van der Waals surface area contributed by atoms with Gasteiger partial charge in [0.1, 0.15) is 24.4 Å². The molecule has 0 aromatic carbocycles. The molecule has 1 fully saturated rings. The molecule has 9 heteroatoms. The quantitative estimate of drug-likeness (QED) is 0.297. The summed E-state index contributed by atoms with van der Waals surface area (Å²) in [5.74, 6) is -0.835. The zero-order valence-electron chi connectivity index (χ0n) is 12.8. The normalized spacial score (nSPS) is 47.9. The smallest absolute Gasteiger partial charge is 0.209 e. The first-order valence-corrected chi connectivity index (χ1v) is 7.75. The lowest BCUT2D eigenvalue weighted by Crippen LogP contribution is -2.60. The van der Waals surface area contributed by atoms with Crippen molar-refractivity contribution in [1.29, 1.82) is 0 Å². The van der Waals surface area contributed by atoms with Gasteiger partial charge >= 0.3 is 0 Å². The van der Waals surface area contributed by atoms with Gasteiger partial charge in [-0.3, -0.25) is 0 Å². The number of aliphatic hydroxyl groups is 6. The monoisotopic (exact) mass is 346 g/mol. The van der Waals surface area contributed by atoms with Gasteiger partial charge in [-0.05, 0) is 11.6 Å². The Morgan fingerprint density at radius 2 is 1.75 bits per heavy atom. The fourth-order valence-corrected chi connectivity index (χ4v) is 3.38. The lowest BCUT2D eigenvalue weighted by Gasteiger charge is -2.42. The van der Waals surface area contributed by atoms with Crippen molar-refractivity contribution in [3.8, 4) is 0 Å². The Hall–Kier alpha value is -1.04. The Morgan fingerprint density at radius 3 is 2.42 bits per heavy atom. The highest BCUT2D eigenvalue weighted by Crippen LogP contribution is 2.40. The van der Waals surface area contributed by atoms with E-state index in [0.717, 1.165) is 0 Å². The van der Waals surface area contributed by atoms with Gasteiger partial charge in [0.05, 0.1) is 31.5 Å². The first-order valence-electron chi connectivity index (χ1n) is 7.75. The van der Waals surface area contributed by atoms with Crippen molar-refractivity contribution in [2.45, 2.75) is 43.1 Å². The van der Waals surface area contributed by atoms with E-state index in [4.69, 9.17) is 14.2 Å². The van der Waals surface area contributed by atoms with Crippen LogP contribution in [0.3, 0.4) is 0 Å². The van der Waals surface area contributed by atoms with E-state index in [2.05, 4.69) is 0 Å². The molecule has 0 aromatic rings. The van der Waals surface area contributed by atoms with Crippen molar-refractivity contribution in [2.75, 3.05) is 13.2 Å². The maximum absolute atomic E-state index is 10.0. The number of fused-ring (bicyclic) bond motifs is 1. The van der Waals surface area contributed by atoms with Gasteiger partial charge in [0.2, 0.25) is 6.29 Å². The molecule has 0 unspecified atom stereocenters. The predicted molar refractivity (Wildman–Crippen MR) is 77.0 cm³/mol. The SMILES string of the molecule is OCC1=C[C@H](O)[C@@H]2C=CO[C@@H](O[C@H]3O[C@H](CO)[C@@H](O)[C@H](O)[C@H]3O)[C@H]12. The minimum absolute atomic E-state index is 0.288. The second-order valence-electron chi connectivity index (χ2n) is 6.16. The summed E-state index contributed by atoms with van der Waals surface area (Å²) in [6.45, 7) is -0.854. The number of hydrogen-bond acceptors (Lipinski definition) is 9. The van der Waals surface area contributed by atoms with Crippen LogP contribution in [-0.4, -0.2) is 87.0 Å². The maximum atomic E-state index is 10.0. The summed E-state index contributed by atoms with van der Waals surface area (Å²) < 4.78 is 16.3. The van der Waals surface area contributed by atoms with Crippen LogP contribution < -0.4 is 0 Å². The summed E-state index contributed by atoms with van der Waals surface area (Å²) in [4.78, 5) is 0. The highest BCUT2D eigenvalue weighted by atomic mass is 16.8. The molecular formula is C15H22O9. The minimum atomic E-state index is -1.56. The van der Waals surface area contributed by atoms with Gasteiger partial charge < -0.3 is 44.8 Å². The second-order valence-corrected chi connectivity index (χ2v) is 6.16. The van der Waals surface area contributed by atoms with Gasteiger partial charge in [-0.15, -0.1) is 0 Å². The van der Waals surface area contributed by atoms with E-state index in [1.165, 1.54) is 12.3 Å². The summed E-state index contributed by atoms with van der Waals surface area (Å²) in [5, 5.41) is 58.3. The molecule has 6 N–H and O–H groups in total. The van der Waals surface area contributed by atoms with Crippen molar-refractivity contribution < 1.29 is 44.8 Å². The third kappa shape index (κ3) is 2.98. The first-order chi connectivity index (χ1) is 11.5. The van der Waals surface area contributed by atoms with Crippen LogP contribution >= 0.6 is 0 Å². The molecule has 0 radical (unpaired) electrons. The van der Waals surface area contributed by atoms with Crippen molar-refractivity contribution >= 4 is 0 Å². The van der Waals surface area contributed by atoms with Crippen molar-refractivity contribution in [3.63, 3.8) is 0 Å². The molecule has 2 heterocycles. The zero-order chi connectivity index (χ0) is 17.4. The van der Waals surface area contributed by atoms with Crippen LogP contribution in [0.25, 0.3) is 0 Å². The predicted octanol–water partition coefficient (Wildman–Crippen LogP) is -2.80. The minimum Gasteiger partial charge on any atom is -0.472 e. The van der Waals surface area contributed by atoms with Crippen LogP contribution in [0, 0.1) is 11.8 Å². The van der Waals surface area contributed by atoms with E-state index < -0.39 is 55.6 Å². The van der Waals surface area contributed by atoms with Crippen molar-refractivity contribution in [3.05, 3.63) is 24.0 Å². The van der Waals surface area contributed by atoms with E-state index in [-0.39, 0.29) is 12.5 Å². The summed E-state index contributed by atoms with van der Waals surface area (Å²) in [6, 6.07) is 0.